The molecular weight excluding hydrogens is 857 g/mol. The van der Waals surface area contributed by atoms with Gasteiger partial charge >= 0.3 is 0 Å². The molecule has 0 unspecified atom stereocenters. The topological polar surface area (TPSA) is 326 Å². The second-order valence-electron chi connectivity index (χ2n) is 14.9. The van der Waals surface area contributed by atoms with E-state index in [0.29, 0.717) is 5.56 Å². The molecule has 328 valence electrons. The highest BCUT2D eigenvalue weighted by Crippen LogP contribution is 2.57. The summed E-state index contributed by atoms with van der Waals surface area (Å²) in [5.41, 5.74) is -0.454. The van der Waals surface area contributed by atoms with Crippen LogP contribution >= 0.6 is 0 Å². The number of aliphatic imine (C=N–C) groups is 3. The number of hydrogen-bond donors (Lipinski definition) is 13. The molecule has 18 nitrogen and oxygen atoms in total. The van der Waals surface area contributed by atoms with Crippen LogP contribution in [0.2, 0.25) is 0 Å². The molecule has 0 saturated heterocycles. The molecule has 0 bridgehead atoms. The van der Waals surface area contributed by atoms with Gasteiger partial charge in [0.2, 0.25) is 46.0 Å². The number of rotatable bonds is 6. The molecule has 1 aliphatic rings. The second kappa shape index (κ2) is 15.5. The van der Waals surface area contributed by atoms with Gasteiger partial charge in [-0.2, -0.15) is 0 Å². The molecule has 2 heterocycles. The Balaban J connectivity index is 1.28. The summed E-state index contributed by atoms with van der Waals surface area (Å²) >= 11 is 0. The first-order valence-corrected chi connectivity index (χ1v) is 19.4. The predicted octanol–water partition coefficient (Wildman–Crippen LogP) is 7.11. The quantitative estimate of drug-likeness (QED) is 0.0260. The Morgan fingerprint density at radius 2 is 1.08 bits per heavy atom. The van der Waals surface area contributed by atoms with E-state index in [1.807, 2.05) is 60.7 Å². The number of furan rings is 2. The molecule has 19 heteroatoms. The van der Waals surface area contributed by atoms with Gasteiger partial charge in [0.05, 0.1) is 28.3 Å². The summed E-state index contributed by atoms with van der Waals surface area (Å²) in [6.45, 7) is 3.21. The first-order chi connectivity index (χ1) is 31.5. The van der Waals surface area contributed by atoms with Crippen LogP contribution in [0.15, 0.2) is 103 Å². The van der Waals surface area contributed by atoms with Crippen molar-refractivity contribution in [3.8, 4) is 85.9 Å². The Morgan fingerprint density at radius 1 is 0.530 bits per heavy atom. The van der Waals surface area contributed by atoms with E-state index in [9.17, 15) is 66.4 Å². The Bertz CT molecular complexity index is 3600. The van der Waals surface area contributed by atoms with E-state index >= 15 is 0 Å². The van der Waals surface area contributed by atoms with Crippen LogP contribution in [0.25, 0.3) is 60.6 Å². The number of allylic oxidation sites excluding steroid dienone is 6. The van der Waals surface area contributed by atoms with Crippen LogP contribution in [0.4, 0.5) is 0 Å². The summed E-state index contributed by atoms with van der Waals surface area (Å²) in [6.07, 6.45) is 10.9. The van der Waals surface area contributed by atoms with Crippen LogP contribution in [-0.2, 0) is 6.54 Å². The predicted molar refractivity (Wildman–Crippen MR) is 244 cm³/mol. The fourth-order valence-corrected chi connectivity index (χ4v) is 7.82. The van der Waals surface area contributed by atoms with Gasteiger partial charge in [0.25, 0.3) is 0 Å². The van der Waals surface area contributed by atoms with Gasteiger partial charge in [0.15, 0.2) is 57.2 Å². The molecule has 0 amide bonds. The summed E-state index contributed by atoms with van der Waals surface area (Å²) in [7, 11) is 6.22. The van der Waals surface area contributed by atoms with E-state index in [1.54, 1.807) is 12.1 Å². The molecule has 0 atom stereocenters. The Morgan fingerprint density at radius 3 is 1.71 bits per heavy atom. The van der Waals surface area contributed by atoms with Gasteiger partial charge in [-0.15, -0.1) is 0 Å². The maximum Gasteiger partial charge on any atom is 0.208 e. The maximum atomic E-state index is 11.6. The van der Waals surface area contributed by atoms with Crippen molar-refractivity contribution in [3.63, 3.8) is 0 Å². The fraction of sp³-hybridized carbons (Fsp3) is 0.0426. The van der Waals surface area contributed by atoms with Crippen LogP contribution in [0, 0.1) is 0 Å². The molecule has 8 aromatic rings. The van der Waals surface area contributed by atoms with Crippen molar-refractivity contribution in [3.05, 3.63) is 101 Å². The highest BCUT2D eigenvalue weighted by atomic mass is 16.4. The zero-order valence-electron chi connectivity index (χ0n) is 33.7. The van der Waals surface area contributed by atoms with Gasteiger partial charge < -0.3 is 75.2 Å². The molecule has 0 fully saturated rings. The molecule has 66 heavy (non-hydrogen) atoms. The van der Waals surface area contributed by atoms with Crippen molar-refractivity contribution in [2.45, 2.75) is 13.0 Å². The van der Waals surface area contributed by atoms with E-state index in [1.165, 1.54) is 0 Å². The standard InChI is InChI=1S/C47H32BN3O15/c1-49-46(26-22-24-29(52)34(57)37(60)40(63)44(24)66-43(22)39(62)36(59)31(26)54)51-47(27-32(55)33(56)28(48)23-25-30(53)35(58)38(61)41(64)45(25)65-42(23)27)50-16-17-11-13-19(14-12-17)21-10-6-9-20(15-21)18-7-4-2-3-5-8-18/h2-4,6-15,52-64H,1,5,16H2. The van der Waals surface area contributed by atoms with Crippen LogP contribution in [0.5, 0.6) is 74.7 Å². The van der Waals surface area contributed by atoms with Gasteiger partial charge in [-0.25, -0.2) is 9.98 Å². The minimum Gasteiger partial charge on any atom is -0.505 e. The third kappa shape index (κ3) is 6.24. The number of phenolic OH excluding ortho intramolecular Hbond substituents is 13. The zero-order chi connectivity index (χ0) is 47.0. The third-order valence-electron chi connectivity index (χ3n) is 11.1. The van der Waals surface area contributed by atoms with E-state index < -0.39 is 147 Å². The lowest BCUT2D eigenvalue weighted by atomic mass is 9.87. The maximum absolute atomic E-state index is 11.6. The average Bonchev–Trinajstić information content (AvgIpc) is 3.80. The van der Waals surface area contributed by atoms with Crippen molar-refractivity contribution in [1.29, 1.82) is 0 Å². The molecule has 9 rings (SSSR count). The summed E-state index contributed by atoms with van der Waals surface area (Å²) in [4.78, 5) is 12.9. The fourth-order valence-electron chi connectivity index (χ4n) is 7.82. The summed E-state index contributed by atoms with van der Waals surface area (Å²) in [5.74, 6) is -16.4. The van der Waals surface area contributed by atoms with Crippen LogP contribution in [-0.4, -0.2) is 92.6 Å². The minimum absolute atomic E-state index is 0.294. The van der Waals surface area contributed by atoms with Crippen LogP contribution in [0.3, 0.4) is 0 Å². The van der Waals surface area contributed by atoms with Gasteiger partial charge in [-0.1, -0.05) is 72.8 Å². The number of benzene rings is 6. The van der Waals surface area contributed by atoms with Crippen LogP contribution < -0.4 is 5.46 Å². The van der Waals surface area contributed by atoms with Crippen molar-refractivity contribution >= 4 is 81.1 Å². The van der Waals surface area contributed by atoms with E-state index in [0.717, 1.165) is 28.7 Å². The summed E-state index contributed by atoms with van der Waals surface area (Å²) < 4.78 is 11.4. The Kier molecular flexibility index (Phi) is 9.82. The molecule has 2 aromatic heterocycles. The molecule has 1 aliphatic carbocycles. The number of nitrogens with zero attached hydrogens (tertiary/aromatic N) is 3. The summed E-state index contributed by atoms with van der Waals surface area (Å²) in [6, 6.07) is 15.0. The van der Waals surface area contributed by atoms with Gasteiger partial charge in [0, 0.05) is 5.39 Å². The minimum atomic E-state index is -1.25. The van der Waals surface area contributed by atoms with Crippen molar-refractivity contribution in [2.75, 3.05) is 0 Å². The van der Waals surface area contributed by atoms with Crippen molar-refractivity contribution in [2.24, 2.45) is 15.0 Å². The van der Waals surface area contributed by atoms with Crippen LogP contribution in [0.1, 0.15) is 28.7 Å². The molecule has 0 saturated carbocycles. The highest BCUT2D eigenvalue weighted by Gasteiger charge is 2.34. The van der Waals surface area contributed by atoms with E-state index in [2.05, 4.69) is 27.8 Å². The van der Waals surface area contributed by atoms with E-state index in [-0.39, 0.29) is 6.54 Å². The largest absolute Gasteiger partial charge is 0.505 e. The van der Waals surface area contributed by atoms with Crippen molar-refractivity contribution in [1.82, 2.24) is 0 Å². The average molecular weight is 890 g/mol. The normalized spacial score (nSPS) is 13.3. The number of amidine groups is 2. The first kappa shape index (κ1) is 41.9. The smallest absolute Gasteiger partial charge is 0.208 e. The van der Waals surface area contributed by atoms with E-state index in [4.69, 9.17) is 16.7 Å². The molecule has 0 aliphatic heterocycles. The first-order valence-electron chi connectivity index (χ1n) is 19.4. The SMILES string of the molecule is [B]c1c(O)c(O)c(C(=NCc2ccc(-c3cccc(C4=CCC=CC=C4)c3)cc2)N=C(N=C)c2c(O)c(O)c(O)c3oc4c(O)c(O)c(O)c(O)c4c23)c2oc3c(O)c(O)c(O)c(O)c3c12. The van der Waals surface area contributed by atoms with Gasteiger partial charge in [-0.3, -0.25) is 4.99 Å². The number of fused-ring (bicyclic) bond motifs is 6. The van der Waals surface area contributed by atoms with Crippen molar-refractivity contribution < 1.29 is 75.2 Å². The molecule has 0 spiro atoms. The van der Waals surface area contributed by atoms with Gasteiger partial charge in [-0.05, 0) is 52.5 Å². The lowest BCUT2D eigenvalue weighted by Gasteiger charge is -2.14. The number of aromatic hydroxyl groups is 13. The number of hydrogen-bond acceptors (Lipinski definition) is 16. The third-order valence-corrected chi connectivity index (χ3v) is 11.1. The monoisotopic (exact) mass is 889 g/mol. The molecule has 2 radical (unpaired) electrons. The summed E-state index contributed by atoms with van der Waals surface area (Å²) in [5, 5.41) is 139. The lowest BCUT2D eigenvalue weighted by molar-refractivity contribution is 0.347. The molecule has 13 N–H and O–H groups in total. The Hall–Kier alpha value is -9.39. The second-order valence-corrected chi connectivity index (χ2v) is 14.9. The highest BCUT2D eigenvalue weighted by molar-refractivity contribution is 6.45. The lowest BCUT2D eigenvalue weighted by Crippen LogP contribution is -2.11. The molecular formula is C47H32BN3O15. The number of phenols is 13. The Labute approximate surface area is 370 Å². The zero-order valence-corrected chi connectivity index (χ0v) is 33.7. The van der Waals surface area contributed by atoms with Gasteiger partial charge in [0.1, 0.15) is 19.0 Å². The molecule has 6 aromatic carbocycles.